The number of amides is 1. The number of benzene rings is 3. The average Bonchev–Trinajstić information content (AvgIpc) is 3.40. The van der Waals surface area contributed by atoms with Gasteiger partial charge in [-0.1, -0.05) is 40.5 Å². The maximum Gasteiger partial charge on any atom is 0.416 e. The first-order valence-corrected chi connectivity index (χ1v) is 12.6. The van der Waals surface area contributed by atoms with E-state index in [1.807, 2.05) is 0 Å². The number of para-hydroxylation sites is 2. The quantitative estimate of drug-likeness (QED) is 0.112. The summed E-state index contributed by atoms with van der Waals surface area (Å²) in [5.41, 5.74) is -3.28. The second-order valence-corrected chi connectivity index (χ2v) is 9.55. The molecule has 0 saturated heterocycles. The molecule has 1 heterocycles. The third-order valence-corrected chi connectivity index (χ3v) is 6.07. The fraction of sp³-hybridized carbons (Fsp3) is 0.120. The lowest BCUT2D eigenvalue weighted by molar-refractivity contribution is -0.143. The Morgan fingerprint density at radius 2 is 1.57 bits per heavy atom. The number of alkyl halides is 6. The summed E-state index contributed by atoms with van der Waals surface area (Å²) in [5, 5.41) is 15.2. The molecule has 8 nitrogen and oxygen atoms in total. The van der Waals surface area contributed by atoms with Gasteiger partial charge in [0.15, 0.2) is 16.6 Å². The maximum atomic E-state index is 13.1. The van der Waals surface area contributed by atoms with Crippen molar-refractivity contribution in [2.24, 2.45) is 0 Å². The molecule has 1 amide bonds. The van der Waals surface area contributed by atoms with Crippen LogP contribution < -0.4 is 20.7 Å². The second kappa shape index (κ2) is 12.4. The van der Waals surface area contributed by atoms with Gasteiger partial charge in [0, 0.05) is 10.7 Å². The largest absolute Gasteiger partial charge is 0.454 e. The number of halogens is 8. The molecule has 0 aliphatic carbocycles. The van der Waals surface area contributed by atoms with Crippen LogP contribution >= 0.6 is 35.4 Å². The summed E-state index contributed by atoms with van der Waals surface area (Å²) in [7, 11) is 0. The third-order valence-electron chi connectivity index (χ3n) is 5.30. The number of nitrogens with one attached hydrogen (secondary N) is 3. The van der Waals surface area contributed by atoms with Gasteiger partial charge in [-0.25, -0.2) is 4.68 Å². The lowest BCUT2D eigenvalue weighted by Crippen LogP contribution is -2.39. The van der Waals surface area contributed by atoms with Crippen LogP contribution in [0.25, 0.3) is 5.69 Å². The van der Waals surface area contributed by atoms with Crippen molar-refractivity contribution in [3.8, 4) is 17.2 Å². The van der Waals surface area contributed by atoms with Gasteiger partial charge in [0.25, 0.3) is 5.91 Å². The van der Waals surface area contributed by atoms with Crippen molar-refractivity contribution in [3.05, 3.63) is 93.7 Å². The lowest BCUT2D eigenvalue weighted by atomic mass is 10.1. The molecule has 0 radical (unpaired) electrons. The van der Waals surface area contributed by atoms with Gasteiger partial charge in [-0.2, -0.15) is 26.3 Å². The van der Waals surface area contributed by atoms with Crippen LogP contribution in [0.5, 0.6) is 11.5 Å². The topological polar surface area (TPSA) is 93.1 Å². The van der Waals surface area contributed by atoms with Crippen molar-refractivity contribution in [3.63, 3.8) is 0 Å². The Hall–Kier alpha value is -4.08. The van der Waals surface area contributed by atoms with Crippen LogP contribution in [0.1, 0.15) is 21.6 Å². The summed E-state index contributed by atoms with van der Waals surface area (Å²) in [5.74, 6) is -0.0592. The Kier molecular flexibility index (Phi) is 9.13. The maximum absolute atomic E-state index is 13.1. The van der Waals surface area contributed by atoms with E-state index >= 15 is 0 Å². The normalized spacial score (nSPS) is 11.6. The van der Waals surface area contributed by atoms with E-state index < -0.39 is 35.1 Å². The van der Waals surface area contributed by atoms with Crippen LogP contribution in [-0.4, -0.2) is 32.7 Å². The van der Waals surface area contributed by atoms with Gasteiger partial charge in [0.2, 0.25) is 0 Å². The van der Waals surface area contributed by atoms with Gasteiger partial charge < -0.3 is 20.7 Å². The highest BCUT2D eigenvalue weighted by atomic mass is 35.5. The predicted octanol–water partition coefficient (Wildman–Crippen LogP) is 7.08. The zero-order chi connectivity index (χ0) is 30.7. The predicted molar refractivity (Wildman–Crippen MR) is 146 cm³/mol. The summed E-state index contributed by atoms with van der Waals surface area (Å²) < 4.78 is 85.5. The molecule has 0 spiro atoms. The Morgan fingerprint density at radius 1 is 0.905 bits per heavy atom. The molecule has 0 unspecified atom stereocenters. The highest BCUT2D eigenvalue weighted by Gasteiger charge is 2.37. The van der Waals surface area contributed by atoms with Crippen LogP contribution in [0.2, 0.25) is 10.0 Å². The fourth-order valence-electron chi connectivity index (χ4n) is 3.39. The van der Waals surface area contributed by atoms with E-state index in [2.05, 4.69) is 26.3 Å². The number of nitrogens with zero attached hydrogens (tertiary/aromatic N) is 3. The van der Waals surface area contributed by atoms with E-state index in [1.165, 1.54) is 16.9 Å². The van der Waals surface area contributed by atoms with E-state index in [9.17, 15) is 31.1 Å². The smallest absolute Gasteiger partial charge is 0.416 e. The second-order valence-electron chi connectivity index (χ2n) is 8.30. The van der Waals surface area contributed by atoms with Crippen molar-refractivity contribution in [2.45, 2.75) is 12.4 Å². The molecular weight excluding hydrogens is 633 g/mol. The number of anilines is 1. The van der Waals surface area contributed by atoms with E-state index in [0.717, 1.165) is 0 Å². The number of rotatable bonds is 7. The molecule has 0 bridgehead atoms. The van der Waals surface area contributed by atoms with Gasteiger partial charge in [-0.3, -0.25) is 4.79 Å². The Labute approximate surface area is 248 Å². The molecule has 0 aliphatic heterocycles. The molecule has 1 aromatic heterocycles. The minimum absolute atomic E-state index is 0.00754. The summed E-state index contributed by atoms with van der Waals surface area (Å²) >= 11 is 17.0. The van der Waals surface area contributed by atoms with Gasteiger partial charge in [-0.05, 0) is 60.7 Å². The monoisotopic (exact) mass is 648 g/mol. The number of hydrogen-bond donors (Lipinski definition) is 3. The summed E-state index contributed by atoms with van der Waals surface area (Å²) in [6, 6.07) is 12.3. The van der Waals surface area contributed by atoms with Gasteiger partial charge in [-0.15, -0.1) is 5.10 Å². The summed E-state index contributed by atoms with van der Waals surface area (Å²) in [6.45, 7) is -0.350. The number of carbonyl (C=O) groups excluding carboxylic acids is 1. The van der Waals surface area contributed by atoms with Crippen molar-refractivity contribution >= 4 is 52.1 Å². The van der Waals surface area contributed by atoms with Crippen molar-refractivity contribution in [1.29, 1.82) is 0 Å². The Morgan fingerprint density at radius 3 is 2.21 bits per heavy atom. The first-order valence-electron chi connectivity index (χ1n) is 11.5. The van der Waals surface area contributed by atoms with Gasteiger partial charge >= 0.3 is 12.4 Å². The number of hydrogen-bond acceptors (Lipinski definition) is 5. The molecule has 3 aromatic carbocycles. The molecule has 4 aromatic rings. The number of aromatic nitrogens is 3. The van der Waals surface area contributed by atoms with Crippen LogP contribution in [0.4, 0.5) is 32.0 Å². The van der Waals surface area contributed by atoms with Crippen LogP contribution in [0.15, 0.2) is 66.9 Å². The van der Waals surface area contributed by atoms with Crippen LogP contribution in [0, 0.1) is 0 Å². The molecule has 42 heavy (non-hydrogen) atoms. The standard InChI is InChI=1S/C25H16Cl2F6N6O2S/c26-15-5-6-20(17(27)10-15)41-21-4-2-1-3-19(21)39-11-18(37-38-39)22(40)34-12-35-23(42)36-16-8-13(24(28,29)30)7-14(9-16)25(31,32)33/h1-11H,12H2,(H,34,40)(H2,35,36,42). The summed E-state index contributed by atoms with van der Waals surface area (Å²) in [6.07, 6.45) is -8.74. The highest BCUT2D eigenvalue weighted by Crippen LogP contribution is 2.38. The Bertz CT molecular complexity index is 1600. The molecule has 0 aliphatic rings. The van der Waals surface area contributed by atoms with E-state index in [0.29, 0.717) is 34.3 Å². The van der Waals surface area contributed by atoms with E-state index in [1.54, 1.807) is 36.4 Å². The first-order chi connectivity index (χ1) is 19.7. The molecule has 0 fully saturated rings. The van der Waals surface area contributed by atoms with Crippen LogP contribution in [0.3, 0.4) is 0 Å². The van der Waals surface area contributed by atoms with E-state index in [4.69, 9.17) is 40.2 Å². The number of carbonyl (C=O) groups is 1. The van der Waals surface area contributed by atoms with Gasteiger partial charge in [0.1, 0.15) is 11.4 Å². The van der Waals surface area contributed by atoms with Crippen molar-refractivity contribution in [1.82, 2.24) is 25.6 Å². The molecule has 3 N–H and O–H groups in total. The zero-order valence-corrected chi connectivity index (χ0v) is 23.0. The zero-order valence-electron chi connectivity index (χ0n) is 20.6. The molecule has 220 valence electrons. The molecule has 17 heteroatoms. The fourth-order valence-corrected chi connectivity index (χ4v) is 4.03. The third kappa shape index (κ3) is 7.80. The number of thiocarbonyl (C=S) groups is 1. The van der Waals surface area contributed by atoms with Crippen molar-refractivity contribution < 1.29 is 35.9 Å². The Balaban J connectivity index is 1.38. The molecule has 0 atom stereocenters. The van der Waals surface area contributed by atoms with E-state index in [-0.39, 0.29) is 28.6 Å². The molecule has 0 saturated carbocycles. The minimum atomic E-state index is -5.02. The van der Waals surface area contributed by atoms with Gasteiger partial charge in [0.05, 0.1) is 29.0 Å². The minimum Gasteiger partial charge on any atom is -0.454 e. The lowest BCUT2D eigenvalue weighted by Gasteiger charge is -2.16. The highest BCUT2D eigenvalue weighted by molar-refractivity contribution is 7.80. The van der Waals surface area contributed by atoms with Crippen molar-refractivity contribution in [2.75, 3.05) is 12.0 Å². The molecule has 4 rings (SSSR count). The summed E-state index contributed by atoms with van der Waals surface area (Å²) in [4.78, 5) is 12.5. The van der Waals surface area contributed by atoms with Crippen LogP contribution in [-0.2, 0) is 12.4 Å². The number of ether oxygens (including phenoxy) is 1. The first kappa shape index (κ1) is 30.9. The average molecular weight is 649 g/mol. The SMILES string of the molecule is O=C(NCNC(=S)Nc1cc(C(F)(F)F)cc(C(F)(F)F)c1)c1cn(-c2ccccc2Oc2ccc(Cl)cc2Cl)nn1. The molecular formula is C25H16Cl2F6N6O2S.